The third kappa shape index (κ3) is 3.47. The first-order valence-corrected chi connectivity index (χ1v) is 5.10. The lowest BCUT2D eigenvalue weighted by molar-refractivity contribution is -0.274. The van der Waals surface area contributed by atoms with Gasteiger partial charge in [-0.05, 0) is 12.1 Å². The number of para-hydroxylation sites is 2. The second-order valence-corrected chi connectivity index (χ2v) is 3.44. The van der Waals surface area contributed by atoms with Gasteiger partial charge in [-0.2, -0.15) is 0 Å². The molecule has 1 aromatic heterocycles. The number of carbonyl (C=O) groups excluding carboxylic acids is 1. The number of aromatic nitrogens is 2. The number of nitrogens with zero attached hydrogens (tertiary/aromatic N) is 2. The van der Waals surface area contributed by atoms with Crippen molar-refractivity contribution in [2.75, 3.05) is 5.32 Å². The van der Waals surface area contributed by atoms with Crippen molar-refractivity contribution in [1.29, 1.82) is 0 Å². The van der Waals surface area contributed by atoms with Crippen LogP contribution in [0.2, 0.25) is 0 Å². The Hall–Kier alpha value is -2.51. The minimum atomic E-state index is -4.82. The van der Waals surface area contributed by atoms with E-state index in [9.17, 15) is 18.0 Å². The van der Waals surface area contributed by atoms with Gasteiger partial charge in [-0.1, -0.05) is 12.1 Å². The first kappa shape index (κ1) is 12.9. The molecule has 2 rings (SSSR count). The van der Waals surface area contributed by atoms with Crippen molar-refractivity contribution < 1.29 is 22.7 Å². The maximum Gasteiger partial charge on any atom is 0.573 e. The van der Waals surface area contributed by atoms with Crippen LogP contribution in [0, 0.1) is 0 Å². The molecule has 1 heterocycles. The molecular formula is C11H8F3N3O2. The Morgan fingerprint density at radius 3 is 2.68 bits per heavy atom. The van der Waals surface area contributed by atoms with Crippen molar-refractivity contribution in [3.63, 3.8) is 0 Å². The number of amides is 1. The Balaban J connectivity index is 2.18. The fourth-order valence-corrected chi connectivity index (χ4v) is 1.34. The van der Waals surface area contributed by atoms with Crippen LogP contribution in [-0.4, -0.2) is 21.9 Å². The van der Waals surface area contributed by atoms with Gasteiger partial charge in [0.15, 0.2) is 5.75 Å². The van der Waals surface area contributed by atoms with E-state index in [-0.39, 0.29) is 5.69 Å². The number of nitrogens with one attached hydrogen (secondary N) is 1. The number of alkyl halides is 3. The summed E-state index contributed by atoms with van der Waals surface area (Å²) in [4.78, 5) is 15.3. The lowest BCUT2D eigenvalue weighted by Gasteiger charge is -2.13. The van der Waals surface area contributed by atoms with Gasteiger partial charge in [-0.3, -0.25) is 4.57 Å². The second-order valence-electron chi connectivity index (χ2n) is 3.44. The highest BCUT2D eigenvalue weighted by Crippen LogP contribution is 2.29. The summed E-state index contributed by atoms with van der Waals surface area (Å²) in [6.07, 6.45) is -0.862. The van der Waals surface area contributed by atoms with Crippen molar-refractivity contribution in [3.8, 4) is 5.75 Å². The first-order valence-electron chi connectivity index (χ1n) is 5.10. The normalized spacial score (nSPS) is 11.1. The van der Waals surface area contributed by atoms with Crippen LogP contribution in [0.25, 0.3) is 0 Å². The van der Waals surface area contributed by atoms with Crippen molar-refractivity contribution in [3.05, 3.63) is 43.0 Å². The van der Waals surface area contributed by atoms with Crippen molar-refractivity contribution in [2.45, 2.75) is 6.36 Å². The number of carbonyl (C=O) groups is 1. The van der Waals surface area contributed by atoms with Gasteiger partial charge in [0.2, 0.25) is 0 Å². The Bertz CT molecular complexity index is 567. The minimum absolute atomic E-state index is 0.0847. The number of imidazole rings is 1. The summed E-state index contributed by atoms with van der Waals surface area (Å²) >= 11 is 0. The third-order valence-corrected chi connectivity index (χ3v) is 2.09. The standard InChI is InChI=1S/C11H8F3N3O2/c12-11(13,14)19-9-4-2-1-3-8(9)16-10(18)17-6-5-15-7-17/h1-7H,(H,16,18). The molecule has 1 amide bonds. The molecule has 0 fully saturated rings. The van der Waals surface area contributed by atoms with E-state index >= 15 is 0 Å². The Morgan fingerprint density at radius 2 is 2.05 bits per heavy atom. The van der Waals surface area contributed by atoms with Crippen LogP contribution in [0.3, 0.4) is 0 Å². The largest absolute Gasteiger partial charge is 0.573 e. The number of anilines is 1. The molecule has 1 aromatic carbocycles. The van der Waals surface area contributed by atoms with Crippen LogP contribution in [0.1, 0.15) is 0 Å². The summed E-state index contributed by atoms with van der Waals surface area (Å²) < 4.78 is 41.4. The van der Waals surface area contributed by atoms with Gasteiger partial charge in [0.05, 0.1) is 5.69 Å². The summed E-state index contributed by atoms with van der Waals surface area (Å²) in [5, 5.41) is 2.29. The van der Waals surface area contributed by atoms with Gasteiger partial charge in [-0.15, -0.1) is 13.2 Å². The van der Waals surface area contributed by atoms with Crippen molar-refractivity contribution >= 4 is 11.7 Å². The number of ether oxygens (including phenoxy) is 1. The fraction of sp³-hybridized carbons (Fsp3) is 0.0909. The summed E-state index contributed by atoms with van der Waals surface area (Å²) in [5.74, 6) is -0.483. The van der Waals surface area contributed by atoms with Gasteiger partial charge in [0.25, 0.3) is 0 Å². The van der Waals surface area contributed by atoms with Crippen LogP contribution in [0.5, 0.6) is 5.75 Å². The number of hydrogen-bond acceptors (Lipinski definition) is 3. The van der Waals surface area contributed by atoms with E-state index in [0.717, 1.165) is 10.6 Å². The molecule has 5 nitrogen and oxygen atoms in total. The van der Waals surface area contributed by atoms with Crippen LogP contribution in [0.4, 0.5) is 23.7 Å². The molecule has 0 saturated carbocycles. The van der Waals surface area contributed by atoms with E-state index in [1.807, 2.05) is 0 Å². The van der Waals surface area contributed by atoms with E-state index in [4.69, 9.17) is 0 Å². The molecule has 0 bridgehead atoms. The van der Waals surface area contributed by atoms with Crippen LogP contribution < -0.4 is 10.1 Å². The predicted octanol–water partition coefficient (Wildman–Crippen LogP) is 2.86. The Morgan fingerprint density at radius 1 is 1.32 bits per heavy atom. The topological polar surface area (TPSA) is 56.1 Å². The molecule has 0 unspecified atom stereocenters. The van der Waals surface area contributed by atoms with Gasteiger partial charge in [-0.25, -0.2) is 9.78 Å². The molecule has 0 aliphatic rings. The van der Waals surface area contributed by atoms with Gasteiger partial charge in [0, 0.05) is 12.4 Å². The van der Waals surface area contributed by atoms with E-state index in [0.29, 0.717) is 0 Å². The summed E-state index contributed by atoms with van der Waals surface area (Å²) in [7, 11) is 0. The highest BCUT2D eigenvalue weighted by Gasteiger charge is 2.32. The molecule has 1 N–H and O–H groups in total. The highest BCUT2D eigenvalue weighted by molar-refractivity contribution is 5.92. The maximum absolute atomic E-state index is 12.2. The van der Waals surface area contributed by atoms with Crippen LogP contribution in [-0.2, 0) is 0 Å². The lowest BCUT2D eigenvalue weighted by atomic mass is 10.3. The Labute approximate surface area is 105 Å². The van der Waals surface area contributed by atoms with Gasteiger partial charge >= 0.3 is 12.4 Å². The van der Waals surface area contributed by atoms with Crippen molar-refractivity contribution in [1.82, 2.24) is 9.55 Å². The van der Waals surface area contributed by atoms with Gasteiger partial charge in [0.1, 0.15) is 6.33 Å². The van der Waals surface area contributed by atoms with Crippen LogP contribution in [0.15, 0.2) is 43.0 Å². The fourth-order valence-electron chi connectivity index (χ4n) is 1.34. The average molecular weight is 271 g/mol. The number of halogens is 3. The molecule has 0 aliphatic carbocycles. The lowest BCUT2D eigenvalue weighted by Crippen LogP contribution is -2.21. The second kappa shape index (κ2) is 5.01. The summed E-state index contributed by atoms with van der Waals surface area (Å²) in [5.41, 5.74) is -0.0847. The monoisotopic (exact) mass is 271 g/mol. The van der Waals surface area contributed by atoms with Crippen molar-refractivity contribution in [2.24, 2.45) is 0 Å². The highest BCUT2D eigenvalue weighted by atomic mass is 19.4. The average Bonchev–Trinajstić information content (AvgIpc) is 2.83. The zero-order valence-corrected chi connectivity index (χ0v) is 9.39. The summed E-state index contributed by atoms with van der Waals surface area (Å²) in [6.45, 7) is 0. The Kier molecular flexibility index (Phi) is 3.41. The molecule has 100 valence electrons. The van der Waals surface area contributed by atoms with E-state index in [1.54, 1.807) is 0 Å². The number of rotatable bonds is 2. The smallest absolute Gasteiger partial charge is 0.404 e. The van der Waals surface area contributed by atoms with Crippen LogP contribution >= 0.6 is 0 Å². The first-order chi connectivity index (χ1) is 8.96. The molecular weight excluding hydrogens is 263 g/mol. The zero-order chi connectivity index (χ0) is 13.9. The number of hydrogen-bond donors (Lipinski definition) is 1. The molecule has 8 heteroatoms. The molecule has 0 aliphatic heterocycles. The molecule has 0 radical (unpaired) electrons. The quantitative estimate of drug-likeness (QED) is 0.913. The zero-order valence-electron chi connectivity index (χ0n) is 9.39. The van der Waals surface area contributed by atoms with E-state index in [2.05, 4.69) is 15.0 Å². The predicted molar refractivity (Wildman–Crippen MR) is 59.8 cm³/mol. The third-order valence-electron chi connectivity index (χ3n) is 2.09. The maximum atomic E-state index is 12.2. The molecule has 0 spiro atoms. The molecule has 0 saturated heterocycles. The molecule has 2 aromatic rings. The number of benzene rings is 1. The van der Waals surface area contributed by atoms with Gasteiger partial charge < -0.3 is 10.1 Å². The van der Waals surface area contributed by atoms with E-state index < -0.39 is 18.1 Å². The molecule has 19 heavy (non-hydrogen) atoms. The minimum Gasteiger partial charge on any atom is -0.404 e. The molecule has 0 atom stereocenters. The SMILES string of the molecule is O=C(Nc1ccccc1OC(F)(F)F)n1ccnc1. The summed E-state index contributed by atoms with van der Waals surface area (Å²) in [6, 6.07) is 4.61. The van der Waals surface area contributed by atoms with E-state index in [1.165, 1.54) is 36.9 Å².